The summed E-state index contributed by atoms with van der Waals surface area (Å²) >= 11 is 11.8. The van der Waals surface area contributed by atoms with Crippen LogP contribution in [-0.4, -0.2) is 12.0 Å². The van der Waals surface area contributed by atoms with Crippen molar-refractivity contribution < 1.29 is 0 Å². The van der Waals surface area contributed by atoms with Gasteiger partial charge in [-0.3, -0.25) is 4.98 Å². The van der Waals surface area contributed by atoms with Gasteiger partial charge in [-0.2, -0.15) is 0 Å². The zero-order valence-electron chi connectivity index (χ0n) is 9.17. The van der Waals surface area contributed by atoms with Crippen LogP contribution in [-0.2, 0) is 0 Å². The molecule has 88 valence electrons. The largest absolute Gasteiger partial charge is 0.387 e. The second kappa shape index (κ2) is 5.25. The number of anilines is 3. The zero-order valence-corrected chi connectivity index (χ0v) is 10.7. The number of rotatable bonds is 3. The number of hydrogen-bond acceptors (Lipinski definition) is 3. The number of nitrogens with one attached hydrogen (secondary N) is 2. The predicted octanol–water partition coefficient (Wildman–Crippen LogP) is 4.17. The summed E-state index contributed by atoms with van der Waals surface area (Å²) in [5.74, 6) is 0. The summed E-state index contributed by atoms with van der Waals surface area (Å²) in [6.07, 6.45) is 3.48. The summed E-state index contributed by atoms with van der Waals surface area (Å²) < 4.78 is 0. The van der Waals surface area contributed by atoms with Crippen molar-refractivity contribution in [3.8, 4) is 0 Å². The average Bonchev–Trinajstić information content (AvgIpc) is 2.28. The molecule has 0 radical (unpaired) electrons. The number of hydrogen-bond donors (Lipinski definition) is 2. The van der Waals surface area contributed by atoms with Gasteiger partial charge in [0, 0.05) is 22.8 Å². The fraction of sp³-hybridized carbons (Fsp3) is 0.0833. The Morgan fingerprint density at radius 3 is 2.18 bits per heavy atom. The molecule has 0 unspecified atom stereocenters. The molecule has 0 spiro atoms. The van der Waals surface area contributed by atoms with Crippen LogP contribution in [0.5, 0.6) is 0 Å². The van der Waals surface area contributed by atoms with E-state index in [2.05, 4.69) is 15.6 Å². The van der Waals surface area contributed by atoms with E-state index in [1.54, 1.807) is 30.6 Å². The molecule has 0 bridgehead atoms. The summed E-state index contributed by atoms with van der Waals surface area (Å²) in [7, 11) is 1.84. The van der Waals surface area contributed by atoms with E-state index < -0.39 is 0 Å². The van der Waals surface area contributed by atoms with Gasteiger partial charge in [0.25, 0.3) is 0 Å². The van der Waals surface area contributed by atoms with Crippen LogP contribution in [0.15, 0.2) is 36.7 Å². The van der Waals surface area contributed by atoms with E-state index in [4.69, 9.17) is 23.2 Å². The summed E-state index contributed by atoms with van der Waals surface area (Å²) in [4.78, 5) is 4.11. The molecular weight excluding hydrogens is 257 g/mol. The van der Waals surface area contributed by atoms with Gasteiger partial charge in [-0.25, -0.2) is 0 Å². The molecule has 0 aliphatic carbocycles. The fourth-order valence-corrected chi connectivity index (χ4v) is 1.96. The molecule has 2 N–H and O–H groups in total. The standard InChI is InChI=1S/C12H11Cl2N3/c1-15-11-5-12(7-16-6-11)17-10-3-8(13)2-9(14)4-10/h2-7,15,17H,1H3. The van der Waals surface area contributed by atoms with Crippen molar-refractivity contribution in [2.24, 2.45) is 0 Å². The van der Waals surface area contributed by atoms with Crippen LogP contribution in [0.1, 0.15) is 0 Å². The Morgan fingerprint density at radius 2 is 1.53 bits per heavy atom. The third kappa shape index (κ3) is 3.25. The van der Waals surface area contributed by atoms with Crippen molar-refractivity contribution in [3.05, 3.63) is 46.7 Å². The van der Waals surface area contributed by atoms with E-state index in [0.717, 1.165) is 17.1 Å². The number of nitrogens with zero attached hydrogens (tertiary/aromatic N) is 1. The fourth-order valence-electron chi connectivity index (χ4n) is 1.44. The van der Waals surface area contributed by atoms with Crippen molar-refractivity contribution in [1.29, 1.82) is 0 Å². The van der Waals surface area contributed by atoms with Crippen LogP contribution >= 0.6 is 23.2 Å². The maximum Gasteiger partial charge on any atom is 0.0591 e. The lowest BCUT2D eigenvalue weighted by Gasteiger charge is -2.08. The maximum atomic E-state index is 5.92. The van der Waals surface area contributed by atoms with Gasteiger partial charge in [0.05, 0.1) is 23.8 Å². The Morgan fingerprint density at radius 1 is 0.882 bits per heavy atom. The highest BCUT2D eigenvalue weighted by Gasteiger charge is 2.00. The normalized spacial score (nSPS) is 10.1. The van der Waals surface area contributed by atoms with Gasteiger partial charge >= 0.3 is 0 Å². The van der Waals surface area contributed by atoms with Crippen LogP contribution in [0.3, 0.4) is 0 Å². The minimum absolute atomic E-state index is 0.595. The number of pyridine rings is 1. The van der Waals surface area contributed by atoms with Crippen LogP contribution in [0.25, 0.3) is 0 Å². The molecular formula is C12H11Cl2N3. The average molecular weight is 268 g/mol. The molecule has 0 atom stereocenters. The molecule has 1 aromatic carbocycles. The first kappa shape index (κ1) is 12.0. The topological polar surface area (TPSA) is 37.0 Å². The second-order valence-electron chi connectivity index (χ2n) is 3.50. The highest BCUT2D eigenvalue weighted by atomic mass is 35.5. The lowest BCUT2D eigenvalue weighted by atomic mass is 10.3. The second-order valence-corrected chi connectivity index (χ2v) is 4.37. The van der Waals surface area contributed by atoms with E-state index >= 15 is 0 Å². The molecule has 2 rings (SSSR count). The number of benzene rings is 1. The quantitative estimate of drug-likeness (QED) is 0.877. The Bertz CT molecular complexity index is 509. The van der Waals surface area contributed by atoms with Crippen molar-refractivity contribution in [3.63, 3.8) is 0 Å². The summed E-state index contributed by atoms with van der Waals surface area (Å²) in [5, 5.41) is 7.40. The third-order valence-corrected chi connectivity index (χ3v) is 2.61. The Hall–Kier alpha value is -1.45. The lowest BCUT2D eigenvalue weighted by Crippen LogP contribution is -1.94. The predicted molar refractivity (Wildman–Crippen MR) is 73.5 cm³/mol. The van der Waals surface area contributed by atoms with Crippen molar-refractivity contribution in [2.45, 2.75) is 0 Å². The highest BCUT2D eigenvalue weighted by Crippen LogP contribution is 2.25. The molecule has 1 aromatic heterocycles. The SMILES string of the molecule is CNc1cncc(Nc2cc(Cl)cc(Cl)c2)c1. The molecule has 0 saturated carbocycles. The van der Waals surface area contributed by atoms with E-state index in [1.165, 1.54) is 0 Å². The summed E-state index contributed by atoms with van der Waals surface area (Å²) in [6.45, 7) is 0. The highest BCUT2D eigenvalue weighted by molar-refractivity contribution is 6.35. The zero-order chi connectivity index (χ0) is 12.3. The van der Waals surface area contributed by atoms with Crippen LogP contribution in [0.4, 0.5) is 17.1 Å². The third-order valence-electron chi connectivity index (χ3n) is 2.18. The first-order valence-corrected chi connectivity index (χ1v) is 5.79. The van der Waals surface area contributed by atoms with Crippen LogP contribution in [0, 0.1) is 0 Å². The van der Waals surface area contributed by atoms with E-state index in [9.17, 15) is 0 Å². The van der Waals surface area contributed by atoms with E-state index in [1.807, 2.05) is 13.1 Å². The lowest BCUT2D eigenvalue weighted by molar-refractivity contribution is 1.30. The molecule has 0 fully saturated rings. The molecule has 2 aromatic rings. The summed E-state index contributed by atoms with van der Waals surface area (Å²) in [6, 6.07) is 7.25. The molecule has 5 heteroatoms. The van der Waals surface area contributed by atoms with Gasteiger partial charge in [-0.1, -0.05) is 23.2 Å². The van der Waals surface area contributed by atoms with Gasteiger partial charge in [-0.15, -0.1) is 0 Å². The minimum atomic E-state index is 0.595. The van der Waals surface area contributed by atoms with Crippen LogP contribution in [0.2, 0.25) is 10.0 Å². The smallest absolute Gasteiger partial charge is 0.0591 e. The Balaban J connectivity index is 2.24. The monoisotopic (exact) mass is 267 g/mol. The molecule has 3 nitrogen and oxygen atoms in total. The molecule has 0 aliphatic heterocycles. The Kier molecular flexibility index (Phi) is 3.71. The van der Waals surface area contributed by atoms with Crippen LogP contribution < -0.4 is 10.6 Å². The first-order valence-electron chi connectivity index (χ1n) is 5.03. The van der Waals surface area contributed by atoms with Gasteiger partial charge in [-0.05, 0) is 24.3 Å². The Labute approximate surface area is 110 Å². The first-order chi connectivity index (χ1) is 8.17. The molecule has 0 saturated heterocycles. The van der Waals surface area contributed by atoms with Crippen molar-refractivity contribution in [2.75, 3.05) is 17.7 Å². The number of aromatic nitrogens is 1. The van der Waals surface area contributed by atoms with Gasteiger partial charge < -0.3 is 10.6 Å². The maximum absolute atomic E-state index is 5.92. The molecule has 1 heterocycles. The summed E-state index contributed by atoms with van der Waals surface area (Å²) in [5.41, 5.74) is 2.64. The van der Waals surface area contributed by atoms with Gasteiger partial charge in [0.2, 0.25) is 0 Å². The van der Waals surface area contributed by atoms with E-state index in [0.29, 0.717) is 10.0 Å². The molecule has 0 amide bonds. The molecule has 17 heavy (non-hydrogen) atoms. The van der Waals surface area contributed by atoms with Crippen molar-refractivity contribution in [1.82, 2.24) is 4.98 Å². The molecule has 0 aliphatic rings. The van der Waals surface area contributed by atoms with Crippen molar-refractivity contribution >= 4 is 40.3 Å². The van der Waals surface area contributed by atoms with Gasteiger partial charge in [0.15, 0.2) is 0 Å². The minimum Gasteiger partial charge on any atom is -0.387 e. The van der Waals surface area contributed by atoms with Gasteiger partial charge in [0.1, 0.15) is 0 Å². The number of halogens is 2. The van der Waals surface area contributed by atoms with E-state index in [-0.39, 0.29) is 0 Å².